The van der Waals surface area contributed by atoms with E-state index in [4.69, 9.17) is 4.74 Å². The van der Waals surface area contributed by atoms with Gasteiger partial charge in [-0.1, -0.05) is 54.1 Å². The second kappa shape index (κ2) is 11.6. The quantitative estimate of drug-likeness (QED) is 0.440. The lowest BCUT2D eigenvalue weighted by Gasteiger charge is -2.08. The number of amides is 1. The maximum atomic E-state index is 11.0. The Balaban J connectivity index is 2.08. The Labute approximate surface area is 136 Å². The molecule has 0 aliphatic rings. The molecule has 1 N–H and O–H groups in total. The van der Waals surface area contributed by atoms with Gasteiger partial charge in [0.25, 0.3) is 0 Å². The predicted octanol–water partition coefficient (Wildman–Crippen LogP) is 5.15. The van der Waals surface area contributed by atoms with E-state index in [1.54, 1.807) is 0 Å². The maximum Gasteiger partial charge on any atom is 0.221 e. The van der Waals surface area contributed by atoms with Gasteiger partial charge in [-0.05, 0) is 25.0 Å². The van der Waals surface area contributed by atoms with E-state index < -0.39 is 0 Å². The normalized spacial score (nSPS) is 10.4. The molecular weight excluding hydrogens is 330 g/mol. The van der Waals surface area contributed by atoms with E-state index in [9.17, 15) is 4.79 Å². The van der Waals surface area contributed by atoms with E-state index in [0.717, 1.165) is 29.8 Å². The van der Waals surface area contributed by atoms with Gasteiger partial charge in [0.1, 0.15) is 5.75 Å². The fourth-order valence-electron chi connectivity index (χ4n) is 2.14. The smallest absolute Gasteiger partial charge is 0.221 e. The van der Waals surface area contributed by atoms with Gasteiger partial charge in [0.15, 0.2) is 0 Å². The Morgan fingerprint density at radius 3 is 2.43 bits per heavy atom. The maximum absolute atomic E-state index is 11.0. The molecule has 3 nitrogen and oxygen atoms in total. The summed E-state index contributed by atoms with van der Waals surface area (Å²) in [5, 5.41) is 3.88. The highest BCUT2D eigenvalue weighted by atomic mass is 79.9. The molecule has 1 rings (SSSR count). The van der Waals surface area contributed by atoms with Crippen LogP contribution < -0.4 is 10.1 Å². The molecule has 0 saturated heterocycles. The molecule has 21 heavy (non-hydrogen) atoms. The molecule has 0 aliphatic heterocycles. The van der Waals surface area contributed by atoms with Gasteiger partial charge in [-0.25, -0.2) is 0 Å². The zero-order valence-corrected chi connectivity index (χ0v) is 14.5. The average molecular weight is 356 g/mol. The average Bonchev–Trinajstić information content (AvgIpc) is 2.45. The zero-order valence-electron chi connectivity index (χ0n) is 12.9. The molecule has 0 radical (unpaired) electrons. The third kappa shape index (κ3) is 9.51. The number of halogens is 1. The number of alkyl halides is 1. The zero-order chi connectivity index (χ0) is 15.3. The van der Waals surface area contributed by atoms with E-state index in [2.05, 4.69) is 21.2 Å². The molecule has 0 aliphatic carbocycles. The molecule has 0 fully saturated rings. The Bertz CT molecular complexity index is 410. The molecule has 4 heteroatoms. The lowest BCUT2D eigenvalue weighted by Crippen LogP contribution is -2.06. The topological polar surface area (TPSA) is 38.3 Å². The third-order valence-corrected chi connectivity index (χ3v) is 3.76. The summed E-state index contributed by atoms with van der Waals surface area (Å²) < 4.78 is 5.72. The van der Waals surface area contributed by atoms with Crippen molar-refractivity contribution in [3.05, 3.63) is 24.3 Å². The van der Waals surface area contributed by atoms with Crippen molar-refractivity contribution in [1.82, 2.24) is 0 Å². The van der Waals surface area contributed by atoms with Crippen molar-refractivity contribution in [3.63, 3.8) is 0 Å². The van der Waals surface area contributed by atoms with Crippen LogP contribution in [0.4, 0.5) is 5.69 Å². The summed E-state index contributed by atoms with van der Waals surface area (Å²) in [4.78, 5) is 11.0. The fourth-order valence-corrected chi connectivity index (χ4v) is 2.53. The molecular formula is C17H26BrNO2. The predicted molar refractivity (Wildman–Crippen MR) is 92.4 cm³/mol. The number of nitrogens with one attached hydrogen (secondary N) is 1. The molecule has 0 saturated carbocycles. The van der Waals surface area contributed by atoms with Crippen molar-refractivity contribution in [2.75, 3.05) is 17.3 Å². The summed E-state index contributed by atoms with van der Waals surface area (Å²) >= 11 is 3.45. The van der Waals surface area contributed by atoms with Crippen molar-refractivity contribution < 1.29 is 9.53 Å². The van der Waals surface area contributed by atoms with Crippen molar-refractivity contribution >= 4 is 27.5 Å². The largest absolute Gasteiger partial charge is 0.494 e. The van der Waals surface area contributed by atoms with E-state index in [1.807, 2.05) is 24.3 Å². The number of hydrogen-bond donors (Lipinski definition) is 1. The Hall–Kier alpha value is -1.03. The van der Waals surface area contributed by atoms with Gasteiger partial charge < -0.3 is 10.1 Å². The first-order chi connectivity index (χ1) is 10.2. The van der Waals surface area contributed by atoms with Gasteiger partial charge in [0, 0.05) is 24.0 Å². The van der Waals surface area contributed by atoms with Crippen molar-refractivity contribution in [2.45, 2.75) is 51.9 Å². The third-order valence-electron chi connectivity index (χ3n) is 3.20. The van der Waals surface area contributed by atoms with Gasteiger partial charge in [-0.2, -0.15) is 0 Å². The first-order valence-corrected chi connectivity index (χ1v) is 8.91. The lowest BCUT2D eigenvalue weighted by molar-refractivity contribution is -0.114. The SMILES string of the molecule is CC(=O)Nc1cccc(OCCCCCCCCCBr)c1. The number of carbonyl (C=O) groups excluding carboxylic acids is 1. The van der Waals surface area contributed by atoms with Crippen LogP contribution in [0.5, 0.6) is 5.75 Å². The number of carbonyl (C=O) groups is 1. The molecule has 1 aromatic rings. The minimum absolute atomic E-state index is 0.0629. The van der Waals surface area contributed by atoms with Gasteiger partial charge in [-0.3, -0.25) is 4.79 Å². The van der Waals surface area contributed by atoms with E-state index >= 15 is 0 Å². The molecule has 0 aromatic heterocycles. The van der Waals surface area contributed by atoms with Gasteiger partial charge in [0.05, 0.1) is 6.61 Å². The molecule has 118 valence electrons. The van der Waals surface area contributed by atoms with Gasteiger partial charge in [0.2, 0.25) is 5.91 Å². The summed E-state index contributed by atoms with van der Waals surface area (Å²) in [5.41, 5.74) is 0.784. The van der Waals surface area contributed by atoms with Crippen molar-refractivity contribution in [3.8, 4) is 5.75 Å². The number of benzene rings is 1. The van der Waals surface area contributed by atoms with Crippen LogP contribution in [-0.4, -0.2) is 17.8 Å². The molecule has 0 heterocycles. The van der Waals surface area contributed by atoms with Crippen LogP contribution in [0.3, 0.4) is 0 Å². The summed E-state index contributed by atoms with van der Waals surface area (Å²) in [7, 11) is 0. The first-order valence-electron chi connectivity index (χ1n) is 7.79. The highest BCUT2D eigenvalue weighted by Crippen LogP contribution is 2.18. The van der Waals surface area contributed by atoms with Crippen LogP contribution in [0.15, 0.2) is 24.3 Å². The molecule has 0 spiro atoms. The second-order valence-electron chi connectivity index (χ2n) is 5.22. The van der Waals surface area contributed by atoms with Crippen LogP contribution in [0.2, 0.25) is 0 Å². The Morgan fingerprint density at radius 1 is 1.10 bits per heavy atom. The molecule has 0 unspecified atom stereocenters. The minimum atomic E-state index is -0.0629. The van der Waals surface area contributed by atoms with E-state index in [1.165, 1.54) is 45.4 Å². The minimum Gasteiger partial charge on any atom is -0.494 e. The summed E-state index contributed by atoms with van der Waals surface area (Å²) in [6.45, 7) is 2.25. The van der Waals surface area contributed by atoms with Crippen molar-refractivity contribution in [2.24, 2.45) is 0 Å². The van der Waals surface area contributed by atoms with Crippen LogP contribution in [0.1, 0.15) is 51.9 Å². The monoisotopic (exact) mass is 355 g/mol. The number of hydrogen-bond acceptors (Lipinski definition) is 2. The Kier molecular flexibility index (Phi) is 9.96. The van der Waals surface area contributed by atoms with E-state index in [0.29, 0.717) is 0 Å². The summed E-state index contributed by atoms with van der Waals surface area (Å²) in [6.07, 6.45) is 8.88. The van der Waals surface area contributed by atoms with Crippen LogP contribution in [-0.2, 0) is 4.79 Å². The summed E-state index contributed by atoms with van der Waals surface area (Å²) in [5.74, 6) is 0.755. The second-order valence-corrected chi connectivity index (χ2v) is 6.01. The number of rotatable bonds is 11. The van der Waals surface area contributed by atoms with Gasteiger partial charge in [-0.15, -0.1) is 0 Å². The molecule has 1 amide bonds. The molecule has 0 bridgehead atoms. The lowest BCUT2D eigenvalue weighted by atomic mass is 10.1. The van der Waals surface area contributed by atoms with Crippen LogP contribution in [0, 0.1) is 0 Å². The van der Waals surface area contributed by atoms with Crippen LogP contribution >= 0.6 is 15.9 Å². The number of unbranched alkanes of at least 4 members (excludes halogenated alkanes) is 6. The van der Waals surface area contributed by atoms with Crippen LogP contribution in [0.25, 0.3) is 0 Å². The van der Waals surface area contributed by atoms with Gasteiger partial charge >= 0.3 is 0 Å². The molecule has 0 atom stereocenters. The van der Waals surface area contributed by atoms with E-state index in [-0.39, 0.29) is 5.91 Å². The molecule has 1 aromatic carbocycles. The fraction of sp³-hybridized carbons (Fsp3) is 0.588. The highest BCUT2D eigenvalue weighted by molar-refractivity contribution is 9.09. The number of ether oxygens (including phenoxy) is 1. The standard InChI is InChI=1S/C17H26BrNO2/c1-15(20)19-16-10-9-11-17(14-16)21-13-8-6-4-2-3-5-7-12-18/h9-11,14H,2-8,12-13H2,1H3,(H,19,20). The summed E-state index contributed by atoms with van der Waals surface area (Å²) in [6, 6.07) is 7.54. The highest BCUT2D eigenvalue weighted by Gasteiger charge is 1.99. The number of anilines is 1. The Morgan fingerprint density at radius 2 is 1.76 bits per heavy atom. The van der Waals surface area contributed by atoms with Crippen molar-refractivity contribution in [1.29, 1.82) is 0 Å². The first kappa shape index (κ1) is 18.0.